The summed E-state index contributed by atoms with van der Waals surface area (Å²) in [5.41, 5.74) is 0.660. The minimum Gasteiger partial charge on any atom is -0.301 e. The number of H-pyrrole nitrogens is 1. The van der Waals surface area contributed by atoms with Gasteiger partial charge in [-0.05, 0) is 18.6 Å². The van der Waals surface area contributed by atoms with Crippen molar-refractivity contribution in [3.05, 3.63) is 51.9 Å². The molecule has 3 rings (SSSR count). The number of fused-ring (bicyclic) bond motifs is 1. The first kappa shape index (κ1) is 17.7. The number of nitrogens with one attached hydrogen (secondary N) is 1. The first-order chi connectivity index (χ1) is 11.9. The molecule has 1 N–H and O–H groups in total. The van der Waals surface area contributed by atoms with Crippen LogP contribution >= 0.6 is 11.8 Å². The van der Waals surface area contributed by atoms with Crippen LogP contribution in [0.1, 0.15) is 29.4 Å². The van der Waals surface area contributed by atoms with Gasteiger partial charge in [0.1, 0.15) is 4.90 Å². The van der Waals surface area contributed by atoms with Crippen molar-refractivity contribution in [1.29, 1.82) is 0 Å². The van der Waals surface area contributed by atoms with E-state index in [4.69, 9.17) is 0 Å². The van der Waals surface area contributed by atoms with Gasteiger partial charge in [-0.25, -0.2) is 17.7 Å². The predicted octanol–water partition coefficient (Wildman–Crippen LogP) is 1.66. The highest BCUT2D eigenvalue weighted by molar-refractivity contribution is 7.99. The van der Waals surface area contributed by atoms with Crippen LogP contribution in [0, 0.1) is 0 Å². The van der Waals surface area contributed by atoms with Crippen LogP contribution in [-0.4, -0.2) is 40.9 Å². The molecule has 0 fully saturated rings. The van der Waals surface area contributed by atoms with Gasteiger partial charge < -0.3 is 4.98 Å². The van der Waals surface area contributed by atoms with Gasteiger partial charge in [-0.1, -0.05) is 37.2 Å². The summed E-state index contributed by atoms with van der Waals surface area (Å²) in [4.78, 5) is 31.0. The number of carbonyl (C=O) groups is 1. The van der Waals surface area contributed by atoms with Crippen molar-refractivity contribution in [2.45, 2.75) is 29.8 Å². The highest BCUT2D eigenvalue weighted by Gasteiger charge is 2.40. The second-order valence-electron chi connectivity index (χ2n) is 5.52. The summed E-state index contributed by atoms with van der Waals surface area (Å²) in [5, 5.41) is 0.428. The molecule has 0 aliphatic carbocycles. The van der Waals surface area contributed by atoms with Crippen molar-refractivity contribution in [3.8, 4) is 0 Å². The van der Waals surface area contributed by atoms with E-state index in [0.29, 0.717) is 23.0 Å². The van der Waals surface area contributed by atoms with Crippen LogP contribution in [0.5, 0.6) is 0 Å². The zero-order chi connectivity index (χ0) is 18.0. The number of benzene rings is 1. The maximum atomic E-state index is 12.5. The SMILES string of the molecule is CCCc1cc(=O)[nH]c(SCCN2C(=O)c3ccccc3S2(=O)=O)n1. The second kappa shape index (κ2) is 7.01. The molecule has 0 atom stereocenters. The summed E-state index contributed by atoms with van der Waals surface area (Å²) >= 11 is 1.22. The van der Waals surface area contributed by atoms with Gasteiger partial charge in [0.05, 0.1) is 5.56 Å². The van der Waals surface area contributed by atoms with Crippen molar-refractivity contribution in [2.24, 2.45) is 0 Å². The minimum atomic E-state index is -3.80. The Balaban J connectivity index is 1.71. The van der Waals surface area contributed by atoms with E-state index >= 15 is 0 Å². The summed E-state index contributed by atoms with van der Waals surface area (Å²) in [6.45, 7) is 2.01. The number of rotatable bonds is 6. The molecule has 1 amide bonds. The monoisotopic (exact) mass is 379 g/mol. The average molecular weight is 379 g/mol. The standard InChI is InChI=1S/C16H17N3O4S2/c1-2-5-11-10-14(20)18-16(17-11)24-9-8-19-15(21)12-6-3-4-7-13(12)25(19,22)23/h3-4,6-7,10H,2,5,8-9H2,1H3,(H,17,18,20). The van der Waals surface area contributed by atoms with Gasteiger partial charge in [0, 0.05) is 24.1 Å². The molecule has 132 valence electrons. The number of thioether (sulfide) groups is 1. The lowest BCUT2D eigenvalue weighted by Gasteiger charge is -2.14. The van der Waals surface area contributed by atoms with Crippen LogP contribution in [0.15, 0.2) is 45.2 Å². The molecule has 0 bridgehead atoms. The number of sulfonamides is 1. The molecule has 0 saturated heterocycles. The molecule has 1 aliphatic heterocycles. The van der Waals surface area contributed by atoms with Gasteiger partial charge in [-0.2, -0.15) is 0 Å². The summed E-state index contributed by atoms with van der Waals surface area (Å²) in [6.07, 6.45) is 1.57. The predicted molar refractivity (Wildman–Crippen MR) is 94.2 cm³/mol. The topological polar surface area (TPSA) is 100 Å². The molecule has 1 aliphatic rings. The quantitative estimate of drug-likeness (QED) is 0.605. The third kappa shape index (κ3) is 3.47. The fourth-order valence-corrected chi connectivity index (χ4v) is 5.12. The zero-order valence-electron chi connectivity index (χ0n) is 13.6. The summed E-state index contributed by atoms with van der Waals surface area (Å²) in [7, 11) is -3.80. The highest BCUT2D eigenvalue weighted by Crippen LogP contribution is 2.30. The Morgan fingerprint density at radius 2 is 2.00 bits per heavy atom. The molecule has 25 heavy (non-hydrogen) atoms. The molecule has 0 radical (unpaired) electrons. The van der Waals surface area contributed by atoms with E-state index in [1.807, 2.05) is 6.92 Å². The van der Waals surface area contributed by atoms with Crippen LogP contribution < -0.4 is 5.56 Å². The molecule has 2 aromatic rings. The molecule has 7 nitrogen and oxygen atoms in total. The third-order valence-electron chi connectivity index (χ3n) is 3.72. The van der Waals surface area contributed by atoms with Crippen molar-refractivity contribution in [1.82, 2.24) is 14.3 Å². The van der Waals surface area contributed by atoms with Crippen molar-refractivity contribution in [2.75, 3.05) is 12.3 Å². The molecule has 0 spiro atoms. The molecule has 1 aromatic carbocycles. The Bertz CT molecular complexity index is 969. The lowest BCUT2D eigenvalue weighted by atomic mass is 10.2. The highest BCUT2D eigenvalue weighted by atomic mass is 32.2. The molecule has 9 heteroatoms. The number of aromatic nitrogens is 2. The molecular formula is C16H17N3O4S2. The van der Waals surface area contributed by atoms with Crippen molar-refractivity contribution in [3.63, 3.8) is 0 Å². The van der Waals surface area contributed by atoms with Gasteiger partial charge in [0.15, 0.2) is 5.16 Å². The smallest absolute Gasteiger partial charge is 0.269 e. The van der Waals surface area contributed by atoms with Gasteiger partial charge in [-0.15, -0.1) is 0 Å². The Kier molecular flexibility index (Phi) is 4.96. The number of hydrogen-bond acceptors (Lipinski definition) is 6. The minimum absolute atomic E-state index is 0.0161. The Morgan fingerprint density at radius 1 is 1.24 bits per heavy atom. The van der Waals surface area contributed by atoms with Crippen molar-refractivity contribution >= 4 is 27.7 Å². The van der Waals surface area contributed by atoms with Crippen LogP contribution in [0.3, 0.4) is 0 Å². The fourth-order valence-electron chi connectivity index (χ4n) is 2.61. The second-order valence-corrected chi connectivity index (χ2v) is 8.43. The van der Waals surface area contributed by atoms with E-state index in [-0.39, 0.29) is 22.6 Å². The van der Waals surface area contributed by atoms with E-state index in [9.17, 15) is 18.0 Å². The van der Waals surface area contributed by atoms with E-state index in [2.05, 4.69) is 9.97 Å². The normalized spacial score (nSPS) is 15.4. The molecule has 1 aromatic heterocycles. The first-order valence-electron chi connectivity index (χ1n) is 7.82. The maximum absolute atomic E-state index is 12.5. The fraction of sp³-hybridized carbons (Fsp3) is 0.312. The molecule has 0 unspecified atom stereocenters. The van der Waals surface area contributed by atoms with E-state index in [1.54, 1.807) is 12.1 Å². The number of amides is 1. The van der Waals surface area contributed by atoms with Crippen LogP contribution in [0.4, 0.5) is 0 Å². The first-order valence-corrected chi connectivity index (χ1v) is 10.2. The lowest BCUT2D eigenvalue weighted by Crippen LogP contribution is -2.32. The summed E-state index contributed by atoms with van der Waals surface area (Å²) in [5.74, 6) is -0.213. The lowest BCUT2D eigenvalue weighted by molar-refractivity contribution is 0.0876. The van der Waals surface area contributed by atoms with Gasteiger partial charge in [-0.3, -0.25) is 9.59 Å². The Hall–Kier alpha value is -2.13. The number of hydrogen-bond donors (Lipinski definition) is 1. The number of carbonyl (C=O) groups excluding carboxylic acids is 1. The average Bonchev–Trinajstić information content (AvgIpc) is 2.76. The van der Waals surface area contributed by atoms with Gasteiger partial charge in [0.25, 0.3) is 21.5 Å². The maximum Gasteiger partial charge on any atom is 0.269 e. The third-order valence-corrected chi connectivity index (χ3v) is 6.42. The van der Waals surface area contributed by atoms with Crippen LogP contribution in [0.2, 0.25) is 0 Å². The molecule has 0 saturated carbocycles. The number of aryl methyl sites for hydroxylation is 1. The van der Waals surface area contributed by atoms with Crippen LogP contribution in [0.25, 0.3) is 0 Å². The Morgan fingerprint density at radius 3 is 2.72 bits per heavy atom. The zero-order valence-corrected chi connectivity index (χ0v) is 15.2. The van der Waals surface area contributed by atoms with E-state index in [0.717, 1.165) is 10.7 Å². The largest absolute Gasteiger partial charge is 0.301 e. The summed E-state index contributed by atoms with van der Waals surface area (Å²) < 4.78 is 25.8. The van der Waals surface area contributed by atoms with Gasteiger partial charge >= 0.3 is 0 Å². The van der Waals surface area contributed by atoms with E-state index in [1.165, 1.54) is 30.0 Å². The molecule has 2 heterocycles. The number of aromatic amines is 1. The molecular weight excluding hydrogens is 362 g/mol. The van der Waals surface area contributed by atoms with Crippen molar-refractivity contribution < 1.29 is 13.2 Å². The van der Waals surface area contributed by atoms with Gasteiger partial charge in [0.2, 0.25) is 0 Å². The Labute approximate surface area is 149 Å². The van der Waals surface area contributed by atoms with E-state index < -0.39 is 15.9 Å². The van der Waals surface area contributed by atoms with Crippen LogP contribution in [-0.2, 0) is 16.4 Å². The number of nitrogens with zero attached hydrogens (tertiary/aromatic N) is 2. The summed E-state index contributed by atoms with van der Waals surface area (Å²) in [6, 6.07) is 7.63.